The topological polar surface area (TPSA) is 84.2 Å². The fourth-order valence-electron chi connectivity index (χ4n) is 3.73. The van der Waals surface area contributed by atoms with E-state index in [1.54, 1.807) is 24.3 Å². The highest BCUT2D eigenvalue weighted by Gasteiger charge is 2.20. The van der Waals surface area contributed by atoms with E-state index in [1.807, 2.05) is 0 Å². The molecule has 8 heteroatoms. The van der Waals surface area contributed by atoms with Gasteiger partial charge in [0.15, 0.2) is 11.7 Å². The third kappa shape index (κ3) is 4.74. The summed E-state index contributed by atoms with van der Waals surface area (Å²) in [7, 11) is 0. The lowest BCUT2D eigenvalue weighted by Gasteiger charge is -2.12. The number of carbonyl (C=O) groups is 2. The Labute approximate surface area is 188 Å². The molecule has 6 nitrogen and oxygen atoms in total. The van der Waals surface area contributed by atoms with Gasteiger partial charge in [0.05, 0.1) is 6.54 Å². The molecule has 33 heavy (non-hydrogen) atoms. The van der Waals surface area contributed by atoms with Gasteiger partial charge in [-0.05, 0) is 55.3 Å². The summed E-state index contributed by atoms with van der Waals surface area (Å²) < 4.78 is 29.5. The van der Waals surface area contributed by atoms with Gasteiger partial charge in [-0.25, -0.2) is 13.8 Å². The minimum Gasteiger partial charge on any atom is -0.494 e. The highest BCUT2D eigenvalue weighted by molar-refractivity contribution is 5.95. The van der Waals surface area contributed by atoms with Crippen LogP contribution in [0.4, 0.5) is 14.6 Å². The number of ketones is 1. The highest BCUT2D eigenvalue weighted by Crippen LogP contribution is 2.34. The van der Waals surface area contributed by atoms with Crippen molar-refractivity contribution in [1.82, 2.24) is 9.55 Å². The molecule has 168 valence electrons. The first-order valence-corrected chi connectivity index (χ1v) is 10.3. The van der Waals surface area contributed by atoms with E-state index in [-0.39, 0.29) is 48.2 Å². The van der Waals surface area contributed by atoms with Gasteiger partial charge in [0.1, 0.15) is 17.5 Å². The Balaban J connectivity index is 1.58. The molecule has 0 radical (unpaired) electrons. The summed E-state index contributed by atoms with van der Waals surface area (Å²) in [4.78, 5) is 27.9. The van der Waals surface area contributed by atoms with Gasteiger partial charge in [-0.2, -0.15) is 0 Å². The molecule has 0 bridgehead atoms. The van der Waals surface area contributed by atoms with Crippen LogP contribution in [-0.2, 0) is 17.8 Å². The van der Waals surface area contributed by atoms with Crippen molar-refractivity contribution in [2.75, 3.05) is 5.32 Å². The van der Waals surface area contributed by atoms with Crippen molar-refractivity contribution in [2.24, 2.45) is 0 Å². The molecule has 0 spiro atoms. The summed E-state index contributed by atoms with van der Waals surface area (Å²) >= 11 is 0. The maximum absolute atomic E-state index is 14.7. The van der Waals surface area contributed by atoms with Crippen LogP contribution in [0, 0.1) is 11.6 Å². The summed E-state index contributed by atoms with van der Waals surface area (Å²) in [6.07, 6.45) is 1.54. The zero-order chi connectivity index (χ0) is 23.5. The molecule has 1 amide bonds. The number of benzene rings is 2. The summed E-state index contributed by atoms with van der Waals surface area (Å²) in [5, 5.41) is 14.0. The van der Waals surface area contributed by atoms with Crippen LogP contribution in [0.15, 0.2) is 60.8 Å². The first kappa shape index (κ1) is 22.1. The molecule has 0 atom stereocenters. The number of aromatic hydroxyl groups is 1. The van der Waals surface area contributed by atoms with E-state index < -0.39 is 5.82 Å². The van der Waals surface area contributed by atoms with Gasteiger partial charge in [-0.3, -0.25) is 9.59 Å². The molecule has 0 fully saturated rings. The van der Waals surface area contributed by atoms with Gasteiger partial charge in [0.25, 0.3) is 0 Å². The SMILES string of the molecule is CC(=O)c1ccc(NC(=O)CCc2c3c(F)cccc3c(O)n2Cc2ccc(F)cc2)nc1. The van der Waals surface area contributed by atoms with Crippen LogP contribution in [0.1, 0.15) is 35.0 Å². The number of hydrogen-bond acceptors (Lipinski definition) is 4. The van der Waals surface area contributed by atoms with Crippen molar-refractivity contribution < 1.29 is 23.5 Å². The smallest absolute Gasteiger partial charge is 0.225 e. The number of pyridine rings is 1. The zero-order valence-electron chi connectivity index (χ0n) is 17.8. The number of fused-ring (bicyclic) bond motifs is 1. The van der Waals surface area contributed by atoms with Crippen LogP contribution in [0.2, 0.25) is 0 Å². The lowest BCUT2D eigenvalue weighted by Crippen LogP contribution is -2.15. The molecule has 4 rings (SSSR count). The monoisotopic (exact) mass is 449 g/mol. The number of hydrogen-bond donors (Lipinski definition) is 2. The molecular weight excluding hydrogens is 428 g/mol. The number of carbonyl (C=O) groups excluding carboxylic acids is 2. The lowest BCUT2D eigenvalue weighted by molar-refractivity contribution is -0.116. The fraction of sp³-hybridized carbons (Fsp3) is 0.160. The number of aryl methyl sites for hydroxylation is 1. The van der Waals surface area contributed by atoms with E-state index >= 15 is 0 Å². The largest absolute Gasteiger partial charge is 0.494 e. The van der Waals surface area contributed by atoms with Crippen LogP contribution in [0.5, 0.6) is 5.88 Å². The van der Waals surface area contributed by atoms with Gasteiger partial charge < -0.3 is 15.0 Å². The molecule has 0 aliphatic carbocycles. The predicted molar refractivity (Wildman–Crippen MR) is 120 cm³/mol. The summed E-state index contributed by atoms with van der Waals surface area (Å²) in [6.45, 7) is 1.61. The average Bonchev–Trinajstić information content (AvgIpc) is 3.06. The third-order valence-electron chi connectivity index (χ3n) is 5.40. The maximum Gasteiger partial charge on any atom is 0.225 e. The molecule has 2 aromatic heterocycles. The van der Waals surface area contributed by atoms with Crippen molar-refractivity contribution in [1.29, 1.82) is 0 Å². The Morgan fingerprint density at radius 3 is 2.48 bits per heavy atom. The molecule has 0 saturated heterocycles. The van der Waals surface area contributed by atoms with Crippen LogP contribution >= 0.6 is 0 Å². The Morgan fingerprint density at radius 1 is 1.06 bits per heavy atom. The van der Waals surface area contributed by atoms with E-state index in [1.165, 1.54) is 48.0 Å². The molecule has 0 aliphatic rings. The molecule has 0 saturated carbocycles. The van der Waals surface area contributed by atoms with Gasteiger partial charge in [0, 0.05) is 34.6 Å². The standard InChI is InChI=1S/C25H21F2N3O3/c1-15(31)17-7-11-22(28-13-17)29-23(32)12-10-21-24-19(3-2-4-20(24)27)25(33)30(21)14-16-5-8-18(26)9-6-16/h2-9,11,13,33H,10,12,14H2,1H3,(H,28,29,32). The first-order valence-electron chi connectivity index (χ1n) is 10.3. The number of nitrogens with one attached hydrogen (secondary N) is 1. The predicted octanol–water partition coefficient (Wildman–Crippen LogP) is 4.84. The summed E-state index contributed by atoms with van der Waals surface area (Å²) in [5.74, 6) is -1.19. The van der Waals surface area contributed by atoms with Crippen molar-refractivity contribution >= 4 is 28.3 Å². The second-order valence-corrected chi connectivity index (χ2v) is 7.68. The molecule has 0 aliphatic heterocycles. The zero-order valence-corrected chi connectivity index (χ0v) is 17.8. The fourth-order valence-corrected chi connectivity index (χ4v) is 3.73. The van der Waals surface area contributed by atoms with Gasteiger partial charge in [-0.15, -0.1) is 0 Å². The van der Waals surface area contributed by atoms with Gasteiger partial charge in [-0.1, -0.05) is 18.2 Å². The Bertz CT molecular complexity index is 1330. The number of nitrogens with zero attached hydrogens (tertiary/aromatic N) is 2. The first-order chi connectivity index (χ1) is 15.8. The Kier molecular flexibility index (Phi) is 6.17. The summed E-state index contributed by atoms with van der Waals surface area (Å²) in [5.41, 5.74) is 1.61. The molecule has 0 unspecified atom stereocenters. The second-order valence-electron chi connectivity index (χ2n) is 7.68. The molecule has 2 aromatic carbocycles. The van der Waals surface area contributed by atoms with E-state index in [4.69, 9.17) is 0 Å². The number of halogens is 2. The van der Waals surface area contributed by atoms with Crippen molar-refractivity contribution in [3.05, 3.63) is 89.2 Å². The number of anilines is 1. The minimum absolute atomic E-state index is 0.00639. The summed E-state index contributed by atoms with van der Waals surface area (Å²) in [6, 6.07) is 13.3. The quantitative estimate of drug-likeness (QED) is 0.396. The number of aromatic nitrogens is 2. The van der Waals surface area contributed by atoms with Gasteiger partial charge >= 0.3 is 0 Å². The van der Waals surface area contributed by atoms with E-state index in [0.29, 0.717) is 28.0 Å². The molecule has 2 heterocycles. The average molecular weight is 449 g/mol. The lowest BCUT2D eigenvalue weighted by atomic mass is 10.1. The van der Waals surface area contributed by atoms with Crippen molar-refractivity contribution in [3.63, 3.8) is 0 Å². The van der Waals surface area contributed by atoms with Crippen LogP contribution in [0.25, 0.3) is 10.8 Å². The Morgan fingerprint density at radius 2 is 1.82 bits per heavy atom. The maximum atomic E-state index is 14.7. The third-order valence-corrected chi connectivity index (χ3v) is 5.40. The van der Waals surface area contributed by atoms with Crippen molar-refractivity contribution in [3.8, 4) is 5.88 Å². The Hall–Kier alpha value is -4.07. The highest BCUT2D eigenvalue weighted by atomic mass is 19.1. The van der Waals surface area contributed by atoms with Crippen LogP contribution in [0.3, 0.4) is 0 Å². The number of Topliss-reactive ketones (excluding diaryl/α,β-unsaturated/α-hetero) is 1. The van der Waals surface area contributed by atoms with Crippen LogP contribution in [-0.4, -0.2) is 26.3 Å². The molecule has 2 N–H and O–H groups in total. The van der Waals surface area contributed by atoms with Crippen LogP contribution < -0.4 is 5.32 Å². The van der Waals surface area contributed by atoms with E-state index in [2.05, 4.69) is 10.3 Å². The molecular formula is C25H21F2N3O3. The minimum atomic E-state index is -0.502. The molecule has 4 aromatic rings. The van der Waals surface area contributed by atoms with Crippen molar-refractivity contribution in [2.45, 2.75) is 26.3 Å². The number of amides is 1. The second kappa shape index (κ2) is 9.20. The van der Waals surface area contributed by atoms with Gasteiger partial charge in [0.2, 0.25) is 5.91 Å². The number of rotatable bonds is 7. The normalized spacial score (nSPS) is 11.0. The van der Waals surface area contributed by atoms with E-state index in [0.717, 1.165) is 0 Å². The van der Waals surface area contributed by atoms with E-state index in [9.17, 15) is 23.5 Å².